The molecule has 0 spiro atoms. The highest BCUT2D eigenvalue weighted by Crippen LogP contribution is 2.14. The molecule has 1 aliphatic rings. The van der Waals surface area contributed by atoms with E-state index in [4.69, 9.17) is 0 Å². The van der Waals surface area contributed by atoms with E-state index >= 15 is 0 Å². The number of Topliss-reactive ketones (excluding diaryl/α,β-unsaturated/α-hetero) is 2. The van der Waals surface area contributed by atoms with Crippen molar-refractivity contribution in [1.29, 1.82) is 0 Å². The molecular weight excluding hydrogens is 530 g/mol. The summed E-state index contributed by atoms with van der Waals surface area (Å²) in [5.74, 6) is -0.0459. The van der Waals surface area contributed by atoms with E-state index in [2.05, 4.69) is 43.3 Å². The van der Waals surface area contributed by atoms with Crippen LogP contribution in [0.4, 0.5) is 0 Å². The Hall–Kier alpha value is -1.60. The number of halogens is 3. The molecule has 8 heteroatoms. The summed E-state index contributed by atoms with van der Waals surface area (Å²) in [4.78, 5) is 26.2. The largest absolute Gasteiger partial charge is 1.00 e. The molecule has 0 fully saturated rings. The molecule has 2 aromatic rings. The molecule has 0 N–H and O–H groups in total. The first kappa shape index (κ1) is 20.7. The lowest BCUT2D eigenvalue weighted by Gasteiger charge is -2.10. The van der Waals surface area contributed by atoms with Gasteiger partial charge in [-0.05, 0) is 24.3 Å². The second-order valence-corrected chi connectivity index (χ2v) is 7.40. The number of carbonyl (C=O) groups excluding carboxylic acids is 2. The van der Waals surface area contributed by atoms with E-state index in [0.29, 0.717) is 17.8 Å². The fourth-order valence-electron chi connectivity index (χ4n) is 2.35. The normalized spacial score (nSPS) is 12.5. The Morgan fingerprint density at radius 2 is 1.35 bits per heavy atom. The molecule has 0 bridgehead atoms. The molecule has 134 valence electrons. The van der Waals surface area contributed by atoms with Gasteiger partial charge in [0.1, 0.15) is 18.2 Å². The average molecular weight is 544 g/mol. The van der Waals surface area contributed by atoms with Crippen LogP contribution < -0.4 is 17.0 Å². The highest BCUT2D eigenvalue weighted by molar-refractivity contribution is 9.10. The van der Waals surface area contributed by atoms with Crippen LogP contribution in [0.3, 0.4) is 0 Å². The van der Waals surface area contributed by atoms with E-state index < -0.39 is 0 Å². The van der Waals surface area contributed by atoms with Crippen LogP contribution in [0, 0.1) is 0 Å². The van der Waals surface area contributed by atoms with Crippen molar-refractivity contribution in [3.63, 3.8) is 0 Å². The lowest BCUT2D eigenvalue weighted by Crippen LogP contribution is -3.00. The lowest BCUT2D eigenvalue weighted by atomic mass is 10.1. The van der Waals surface area contributed by atoms with Gasteiger partial charge in [-0.3, -0.25) is 9.59 Å². The smallest absolute Gasteiger partial charge is 0.544 e. The molecule has 3 rings (SSSR count). The molecule has 0 saturated heterocycles. The van der Waals surface area contributed by atoms with Crippen LogP contribution in [0.25, 0.3) is 0 Å². The van der Waals surface area contributed by atoms with Crippen molar-refractivity contribution in [3.8, 4) is 0 Å². The molecule has 0 radical (unpaired) electrons. The molecule has 5 nitrogen and oxygen atoms in total. The number of nitrogens with zero attached hydrogens (tertiary/aromatic N) is 3. The molecule has 2 aromatic carbocycles. The van der Waals surface area contributed by atoms with Crippen molar-refractivity contribution in [3.05, 3.63) is 68.6 Å². The van der Waals surface area contributed by atoms with Crippen LogP contribution in [-0.2, 0) is 0 Å². The third-order valence-electron chi connectivity index (χ3n) is 3.65. The standard InChI is InChI=1S/C18H14Br2N3O2.BrH/c19-15-5-1-13(2-6-15)17(24)9-22-11-21-23(12-22)10-18(25)14-3-7-16(20)8-4-14;/h1-8H,9-10,12H2;1H/q+1;/p-1. The minimum Gasteiger partial charge on any atom is -1.00 e. The lowest BCUT2D eigenvalue weighted by molar-refractivity contribution is -0.0000213. The summed E-state index contributed by atoms with van der Waals surface area (Å²) in [6.45, 7) is 0.691. The number of benzene rings is 2. The van der Waals surface area contributed by atoms with Crippen molar-refractivity contribution >= 4 is 49.8 Å². The molecule has 0 aliphatic carbocycles. The van der Waals surface area contributed by atoms with Crippen LogP contribution in [0.15, 0.2) is 62.6 Å². The van der Waals surface area contributed by atoms with E-state index in [1.54, 1.807) is 34.2 Å². The van der Waals surface area contributed by atoms with E-state index in [1.165, 1.54) is 0 Å². The SMILES string of the molecule is O=C(CN1[C+]=NN(CC(=O)c2ccc(Br)cc2)C1)c1ccc(Br)cc1.[Br-]. The van der Waals surface area contributed by atoms with Crippen molar-refractivity contribution in [1.82, 2.24) is 9.91 Å². The van der Waals surface area contributed by atoms with Gasteiger partial charge in [0.05, 0.1) is 0 Å². The van der Waals surface area contributed by atoms with Gasteiger partial charge in [-0.25, -0.2) is 5.01 Å². The Morgan fingerprint density at radius 1 is 0.885 bits per heavy atom. The zero-order valence-electron chi connectivity index (χ0n) is 13.5. The Balaban J connectivity index is 0.00000243. The Morgan fingerprint density at radius 3 is 1.85 bits per heavy atom. The van der Waals surface area contributed by atoms with Crippen molar-refractivity contribution in [2.45, 2.75) is 0 Å². The maximum atomic E-state index is 12.3. The van der Waals surface area contributed by atoms with Gasteiger partial charge in [0.15, 0.2) is 18.2 Å². The Bertz CT molecular complexity index is 740. The van der Waals surface area contributed by atoms with Gasteiger partial charge in [0.25, 0.3) is 0 Å². The maximum absolute atomic E-state index is 12.3. The van der Waals surface area contributed by atoms with E-state index in [1.807, 2.05) is 24.3 Å². The first-order valence-corrected chi connectivity index (χ1v) is 9.13. The van der Waals surface area contributed by atoms with Gasteiger partial charge in [-0.15, -0.1) is 4.90 Å². The van der Waals surface area contributed by atoms with Gasteiger partial charge >= 0.3 is 6.34 Å². The quantitative estimate of drug-likeness (QED) is 0.397. The maximum Gasteiger partial charge on any atom is 0.544 e. The molecule has 0 aromatic heterocycles. The summed E-state index contributed by atoms with van der Waals surface area (Å²) >= 11 is 6.69. The third kappa shape index (κ3) is 5.45. The van der Waals surface area contributed by atoms with Crippen LogP contribution in [0.1, 0.15) is 20.7 Å². The van der Waals surface area contributed by atoms with E-state index in [9.17, 15) is 9.59 Å². The number of ketones is 2. The second-order valence-electron chi connectivity index (χ2n) is 5.56. The van der Waals surface area contributed by atoms with Gasteiger partial charge in [0, 0.05) is 20.1 Å². The monoisotopic (exact) mass is 541 g/mol. The van der Waals surface area contributed by atoms with Crippen LogP contribution in [0.5, 0.6) is 0 Å². The topological polar surface area (TPSA) is 53.0 Å². The van der Waals surface area contributed by atoms with Gasteiger partial charge in [0.2, 0.25) is 0 Å². The van der Waals surface area contributed by atoms with Gasteiger partial charge in [-0.1, -0.05) is 56.1 Å². The number of carbonyl (C=O) groups is 2. The van der Waals surface area contributed by atoms with Crippen molar-refractivity contribution in [2.75, 3.05) is 19.8 Å². The predicted octanol–water partition coefficient (Wildman–Crippen LogP) is 0.677. The number of rotatable bonds is 6. The minimum atomic E-state index is -0.0286. The van der Waals surface area contributed by atoms with Crippen molar-refractivity contribution < 1.29 is 26.6 Å². The summed E-state index contributed by atoms with van der Waals surface area (Å²) in [5.41, 5.74) is 1.26. The summed E-state index contributed by atoms with van der Waals surface area (Å²) < 4.78 is 1.85. The van der Waals surface area contributed by atoms with E-state index in [0.717, 1.165) is 8.95 Å². The fourth-order valence-corrected chi connectivity index (χ4v) is 2.88. The van der Waals surface area contributed by atoms with Crippen LogP contribution in [-0.4, -0.2) is 47.6 Å². The highest BCUT2D eigenvalue weighted by atomic mass is 79.9. The highest BCUT2D eigenvalue weighted by Gasteiger charge is 2.31. The molecular formula is C18H14Br3N3O2. The predicted molar refractivity (Wildman–Crippen MR) is 103 cm³/mol. The third-order valence-corrected chi connectivity index (χ3v) is 4.71. The first-order chi connectivity index (χ1) is 12.0. The van der Waals surface area contributed by atoms with E-state index in [-0.39, 0.29) is 41.6 Å². The first-order valence-electron chi connectivity index (χ1n) is 7.55. The number of hydrazone groups is 1. The minimum absolute atomic E-state index is 0. The van der Waals surface area contributed by atoms with Gasteiger partial charge < -0.3 is 17.0 Å². The summed E-state index contributed by atoms with van der Waals surface area (Å²) in [6, 6.07) is 14.4. The summed E-state index contributed by atoms with van der Waals surface area (Å²) in [6.07, 6.45) is 2.78. The average Bonchev–Trinajstić information content (AvgIpc) is 3.02. The molecule has 26 heavy (non-hydrogen) atoms. The van der Waals surface area contributed by atoms with Crippen LogP contribution in [0.2, 0.25) is 0 Å². The Labute approximate surface area is 179 Å². The van der Waals surface area contributed by atoms with Crippen molar-refractivity contribution in [2.24, 2.45) is 5.10 Å². The summed E-state index contributed by atoms with van der Waals surface area (Å²) in [7, 11) is 0. The molecule has 1 aliphatic heterocycles. The summed E-state index contributed by atoms with van der Waals surface area (Å²) in [5, 5.41) is 5.68. The number of hydrogen-bond donors (Lipinski definition) is 0. The molecule has 0 amide bonds. The molecule has 0 atom stereocenters. The zero-order valence-corrected chi connectivity index (χ0v) is 18.3. The Kier molecular flexibility index (Phi) is 7.46. The number of hydrogen-bond acceptors (Lipinski definition) is 5. The zero-order chi connectivity index (χ0) is 17.8. The molecule has 0 saturated carbocycles. The fraction of sp³-hybridized carbons (Fsp3) is 0.167. The van der Waals surface area contributed by atoms with Gasteiger partial charge in [-0.2, -0.15) is 0 Å². The van der Waals surface area contributed by atoms with Crippen LogP contribution >= 0.6 is 31.9 Å². The molecule has 0 unspecified atom stereocenters. The molecule has 1 heterocycles. The second kappa shape index (κ2) is 9.37.